The lowest BCUT2D eigenvalue weighted by Crippen LogP contribution is -2.20. The minimum absolute atomic E-state index is 0.211. The number of rotatable bonds is 5. The fraction of sp³-hybridized carbons (Fsp3) is 0.0667. The first kappa shape index (κ1) is 15.5. The van der Waals surface area contributed by atoms with E-state index in [1.807, 2.05) is 0 Å². The summed E-state index contributed by atoms with van der Waals surface area (Å²) in [5.41, 5.74) is 0.893. The van der Waals surface area contributed by atoms with Crippen LogP contribution in [0, 0.1) is 0 Å². The van der Waals surface area contributed by atoms with Crippen molar-refractivity contribution in [1.29, 1.82) is 0 Å². The van der Waals surface area contributed by atoms with Crippen LogP contribution in [0.1, 0.15) is 10.4 Å². The van der Waals surface area contributed by atoms with Gasteiger partial charge < -0.3 is 10.1 Å². The SMILES string of the molecule is O=Cc1ccccc1OCC(=O)Nc1ccc(Br)cc1Cl. The van der Waals surface area contributed by atoms with Gasteiger partial charge in [0.05, 0.1) is 16.3 Å². The van der Waals surface area contributed by atoms with E-state index < -0.39 is 0 Å². The summed E-state index contributed by atoms with van der Waals surface area (Å²) >= 11 is 9.29. The van der Waals surface area contributed by atoms with Crippen molar-refractivity contribution in [3.63, 3.8) is 0 Å². The summed E-state index contributed by atoms with van der Waals surface area (Å²) in [5, 5.41) is 3.06. The van der Waals surface area contributed by atoms with Crippen molar-refractivity contribution in [3.05, 3.63) is 57.5 Å². The van der Waals surface area contributed by atoms with Crippen LogP contribution >= 0.6 is 27.5 Å². The molecule has 0 atom stereocenters. The Balaban J connectivity index is 1.97. The summed E-state index contributed by atoms with van der Waals surface area (Å²) in [4.78, 5) is 22.7. The molecule has 0 bridgehead atoms. The molecular formula is C15H11BrClNO3. The minimum atomic E-state index is -0.361. The standard InChI is InChI=1S/C15H11BrClNO3/c16-11-5-6-13(12(17)7-11)18-15(20)9-21-14-4-2-1-3-10(14)8-19/h1-8H,9H2,(H,18,20). The van der Waals surface area contributed by atoms with Crippen LogP contribution in [0.4, 0.5) is 5.69 Å². The van der Waals surface area contributed by atoms with Crippen LogP contribution in [0.2, 0.25) is 5.02 Å². The number of ether oxygens (including phenoxy) is 1. The Kier molecular flexibility index (Phi) is 5.36. The fourth-order valence-electron chi connectivity index (χ4n) is 1.63. The third-order valence-electron chi connectivity index (χ3n) is 2.61. The van der Waals surface area contributed by atoms with Gasteiger partial charge in [-0.3, -0.25) is 9.59 Å². The molecule has 21 heavy (non-hydrogen) atoms. The highest BCUT2D eigenvalue weighted by molar-refractivity contribution is 9.10. The molecule has 2 rings (SSSR count). The molecule has 0 saturated heterocycles. The largest absolute Gasteiger partial charge is 0.483 e. The molecule has 0 heterocycles. The molecule has 1 amide bonds. The number of amides is 1. The summed E-state index contributed by atoms with van der Waals surface area (Å²) in [6.45, 7) is -0.211. The second-order valence-electron chi connectivity index (χ2n) is 4.12. The van der Waals surface area contributed by atoms with Crippen LogP contribution in [0.15, 0.2) is 46.9 Å². The number of benzene rings is 2. The van der Waals surface area contributed by atoms with Crippen LogP contribution < -0.4 is 10.1 Å². The lowest BCUT2D eigenvalue weighted by molar-refractivity contribution is -0.118. The van der Waals surface area contributed by atoms with E-state index in [-0.39, 0.29) is 12.5 Å². The second kappa shape index (κ2) is 7.24. The zero-order valence-corrected chi connectivity index (χ0v) is 13.1. The molecule has 4 nitrogen and oxygen atoms in total. The summed E-state index contributed by atoms with van der Waals surface area (Å²) in [6, 6.07) is 11.8. The molecule has 6 heteroatoms. The topological polar surface area (TPSA) is 55.4 Å². The number of aldehydes is 1. The number of nitrogens with one attached hydrogen (secondary N) is 1. The van der Waals surface area contributed by atoms with Gasteiger partial charge in [0.2, 0.25) is 0 Å². The smallest absolute Gasteiger partial charge is 0.262 e. The van der Waals surface area contributed by atoms with Gasteiger partial charge in [-0.1, -0.05) is 39.7 Å². The van der Waals surface area contributed by atoms with E-state index in [4.69, 9.17) is 16.3 Å². The Morgan fingerprint density at radius 3 is 2.76 bits per heavy atom. The summed E-state index contributed by atoms with van der Waals surface area (Å²) in [6.07, 6.45) is 0.679. The molecule has 0 aliphatic heterocycles. The predicted octanol–water partition coefficient (Wildman–Crippen LogP) is 3.93. The third-order valence-corrected chi connectivity index (χ3v) is 3.42. The highest BCUT2D eigenvalue weighted by Crippen LogP contribution is 2.25. The van der Waals surface area contributed by atoms with Gasteiger partial charge in [-0.15, -0.1) is 0 Å². The van der Waals surface area contributed by atoms with Crippen molar-refractivity contribution in [2.45, 2.75) is 0 Å². The monoisotopic (exact) mass is 367 g/mol. The predicted molar refractivity (Wildman–Crippen MR) is 85.1 cm³/mol. The first-order valence-corrected chi connectivity index (χ1v) is 7.19. The van der Waals surface area contributed by atoms with Crippen molar-refractivity contribution < 1.29 is 14.3 Å². The molecule has 2 aromatic carbocycles. The number of hydrogen-bond donors (Lipinski definition) is 1. The Morgan fingerprint density at radius 2 is 2.05 bits per heavy atom. The first-order valence-electron chi connectivity index (χ1n) is 6.02. The van der Waals surface area contributed by atoms with E-state index in [9.17, 15) is 9.59 Å². The van der Waals surface area contributed by atoms with Crippen molar-refractivity contribution in [2.75, 3.05) is 11.9 Å². The summed E-state index contributed by atoms with van der Waals surface area (Å²) < 4.78 is 6.15. The number of carbonyl (C=O) groups excluding carboxylic acids is 2. The van der Waals surface area contributed by atoms with Crippen molar-refractivity contribution >= 4 is 45.4 Å². The maximum absolute atomic E-state index is 11.8. The zero-order valence-electron chi connectivity index (χ0n) is 10.8. The lowest BCUT2D eigenvalue weighted by Gasteiger charge is -2.10. The molecule has 0 aliphatic rings. The second-order valence-corrected chi connectivity index (χ2v) is 5.44. The van der Waals surface area contributed by atoms with Gasteiger partial charge in [0, 0.05) is 4.47 Å². The maximum Gasteiger partial charge on any atom is 0.262 e. The van der Waals surface area contributed by atoms with Gasteiger partial charge in [-0.2, -0.15) is 0 Å². The van der Waals surface area contributed by atoms with E-state index in [2.05, 4.69) is 21.2 Å². The summed E-state index contributed by atoms with van der Waals surface area (Å²) in [5.74, 6) is 0.00415. The Hall–Kier alpha value is -1.85. The molecule has 0 spiro atoms. The van der Waals surface area contributed by atoms with Gasteiger partial charge in [0.1, 0.15) is 5.75 Å². The van der Waals surface area contributed by atoms with Gasteiger partial charge in [0.15, 0.2) is 12.9 Å². The van der Waals surface area contributed by atoms with Crippen LogP contribution in [0.5, 0.6) is 5.75 Å². The van der Waals surface area contributed by atoms with E-state index in [0.29, 0.717) is 28.3 Å². The number of para-hydroxylation sites is 1. The first-order chi connectivity index (χ1) is 10.1. The third kappa shape index (κ3) is 4.31. The van der Waals surface area contributed by atoms with E-state index in [1.54, 1.807) is 42.5 Å². The van der Waals surface area contributed by atoms with Crippen LogP contribution in [0.25, 0.3) is 0 Å². The van der Waals surface area contributed by atoms with Crippen LogP contribution in [0.3, 0.4) is 0 Å². The van der Waals surface area contributed by atoms with Gasteiger partial charge >= 0.3 is 0 Å². The highest BCUT2D eigenvalue weighted by Gasteiger charge is 2.08. The molecule has 108 valence electrons. The fourth-order valence-corrected chi connectivity index (χ4v) is 2.35. The average molecular weight is 369 g/mol. The summed E-state index contributed by atoms with van der Waals surface area (Å²) in [7, 11) is 0. The molecule has 0 fully saturated rings. The Labute approximate surface area is 135 Å². The van der Waals surface area contributed by atoms with Crippen molar-refractivity contribution in [1.82, 2.24) is 0 Å². The molecule has 1 N–H and O–H groups in total. The van der Waals surface area contributed by atoms with E-state index in [0.717, 1.165) is 4.47 Å². The van der Waals surface area contributed by atoms with Crippen LogP contribution in [-0.4, -0.2) is 18.8 Å². The van der Waals surface area contributed by atoms with Gasteiger partial charge in [0.25, 0.3) is 5.91 Å². The molecule has 2 aromatic rings. The maximum atomic E-state index is 11.8. The number of anilines is 1. The molecule has 0 aliphatic carbocycles. The van der Waals surface area contributed by atoms with Crippen molar-refractivity contribution in [2.24, 2.45) is 0 Å². The Bertz CT molecular complexity index is 676. The normalized spacial score (nSPS) is 10.0. The van der Waals surface area contributed by atoms with E-state index >= 15 is 0 Å². The number of carbonyl (C=O) groups is 2. The highest BCUT2D eigenvalue weighted by atomic mass is 79.9. The zero-order chi connectivity index (χ0) is 15.2. The van der Waals surface area contributed by atoms with E-state index in [1.165, 1.54) is 0 Å². The molecule has 0 radical (unpaired) electrons. The van der Waals surface area contributed by atoms with Gasteiger partial charge in [-0.05, 0) is 30.3 Å². The van der Waals surface area contributed by atoms with Crippen LogP contribution in [-0.2, 0) is 4.79 Å². The van der Waals surface area contributed by atoms with Crippen molar-refractivity contribution in [3.8, 4) is 5.75 Å². The molecular weight excluding hydrogens is 358 g/mol. The minimum Gasteiger partial charge on any atom is -0.483 e. The lowest BCUT2D eigenvalue weighted by atomic mass is 10.2. The molecule has 0 unspecified atom stereocenters. The number of halogens is 2. The molecule has 0 aromatic heterocycles. The Morgan fingerprint density at radius 1 is 1.29 bits per heavy atom. The quantitative estimate of drug-likeness (QED) is 0.814. The molecule has 0 saturated carbocycles. The van der Waals surface area contributed by atoms with Gasteiger partial charge in [-0.25, -0.2) is 0 Å². The number of hydrogen-bond acceptors (Lipinski definition) is 3. The average Bonchev–Trinajstić information content (AvgIpc) is 2.48.